The van der Waals surface area contributed by atoms with Crippen LogP contribution in [0.2, 0.25) is 0 Å². The third kappa shape index (κ3) is 26.9. The van der Waals surface area contributed by atoms with Crippen molar-refractivity contribution in [2.75, 3.05) is 13.2 Å². The molecule has 0 rings (SSSR count). The largest absolute Gasteiger partial charge is 0.465 e. The molecule has 0 aromatic carbocycles. The molecule has 0 atom stereocenters. The van der Waals surface area contributed by atoms with Crippen LogP contribution in [-0.4, -0.2) is 25.2 Å². The van der Waals surface area contributed by atoms with Gasteiger partial charge < -0.3 is 9.47 Å². The maximum atomic E-state index is 11.7. The Kier molecular flexibility index (Phi) is 19.2. The Labute approximate surface area is 211 Å². The summed E-state index contributed by atoms with van der Waals surface area (Å²) in [6.07, 6.45) is 22.4. The molecule has 200 valence electrons. The number of carbonyl (C=O) groups is 2. The zero-order chi connectivity index (χ0) is 25.7. The monoisotopic (exact) mass is 480 g/mol. The minimum atomic E-state index is -0.0475. The van der Waals surface area contributed by atoms with E-state index in [-0.39, 0.29) is 22.8 Å². The van der Waals surface area contributed by atoms with E-state index in [0.717, 1.165) is 25.7 Å². The van der Waals surface area contributed by atoms with Crippen LogP contribution < -0.4 is 0 Å². The van der Waals surface area contributed by atoms with E-state index in [9.17, 15) is 9.59 Å². The predicted molar refractivity (Wildman–Crippen MR) is 144 cm³/mol. The number of unbranched alkanes of at least 4 members (excludes halogenated alkanes) is 12. The Hall–Kier alpha value is -1.32. The molecule has 0 aliphatic carbocycles. The molecule has 4 heteroatoms. The van der Waals surface area contributed by atoms with Crippen molar-refractivity contribution in [2.45, 2.75) is 144 Å². The molecule has 0 unspecified atom stereocenters. The van der Waals surface area contributed by atoms with Crippen LogP contribution in [0.4, 0.5) is 0 Å². The van der Waals surface area contributed by atoms with Gasteiger partial charge in [-0.15, -0.1) is 0 Å². The van der Waals surface area contributed by atoms with Gasteiger partial charge in [0.2, 0.25) is 0 Å². The Bertz CT molecular complexity index is 489. The van der Waals surface area contributed by atoms with Crippen LogP contribution in [0.5, 0.6) is 0 Å². The number of hydrogen-bond acceptors (Lipinski definition) is 4. The first-order valence-corrected chi connectivity index (χ1v) is 14.0. The van der Waals surface area contributed by atoms with Crippen LogP contribution in [0.3, 0.4) is 0 Å². The lowest BCUT2D eigenvalue weighted by atomic mass is 9.99. The normalized spacial score (nSPS) is 12.3. The van der Waals surface area contributed by atoms with Crippen molar-refractivity contribution in [1.82, 2.24) is 0 Å². The Morgan fingerprint density at radius 1 is 0.500 bits per heavy atom. The third-order valence-electron chi connectivity index (χ3n) is 5.50. The quantitative estimate of drug-likeness (QED) is 0.0991. The first-order valence-electron chi connectivity index (χ1n) is 14.0. The Morgan fingerprint density at radius 3 is 1.12 bits per heavy atom. The maximum Gasteiger partial charge on any atom is 0.305 e. The molecule has 0 fully saturated rings. The van der Waals surface area contributed by atoms with Crippen LogP contribution in [0.25, 0.3) is 0 Å². The summed E-state index contributed by atoms with van der Waals surface area (Å²) < 4.78 is 10.6. The molecule has 0 aliphatic heterocycles. The van der Waals surface area contributed by atoms with E-state index in [1.807, 2.05) is 0 Å². The van der Waals surface area contributed by atoms with E-state index in [2.05, 4.69) is 53.7 Å². The van der Waals surface area contributed by atoms with Gasteiger partial charge in [0.1, 0.15) is 0 Å². The summed E-state index contributed by atoms with van der Waals surface area (Å²) >= 11 is 0. The highest BCUT2D eigenvalue weighted by Gasteiger charge is 2.14. The summed E-state index contributed by atoms with van der Waals surface area (Å²) in [6, 6.07) is 0. The average molecular weight is 481 g/mol. The molecule has 4 nitrogen and oxygen atoms in total. The van der Waals surface area contributed by atoms with E-state index < -0.39 is 0 Å². The summed E-state index contributed by atoms with van der Waals surface area (Å²) in [5, 5.41) is 0. The van der Waals surface area contributed by atoms with Crippen molar-refractivity contribution < 1.29 is 19.1 Å². The van der Waals surface area contributed by atoms with Gasteiger partial charge in [-0.1, -0.05) is 105 Å². The van der Waals surface area contributed by atoms with Gasteiger partial charge >= 0.3 is 11.9 Å². The molecule has 0 amide bonds. The molecule has 0 bridgehead atoms. The molecule has 0 saturated heterocycles. The molecule has 0 spiro atoms. The second kappa shape index (κ2) is 19.9. The summed E-state index contributed by atoms with van der Waals surface area (Å²) in [5.41, 5.74) is 0.102. The fourth-order valence-corrected chi connectivity index (χ4v) is 3.45. The lowest BCUT2D eigenvalue weighted by molar-refractivity contribution is -0.147. The SMILES string of the molecule is CC(C)(C)COC(=O)CCCCCCCC/C=C/CCCCCCCCC(=O)OCC(C)(C)C. The summed E-state index contributed by atoms with van der Waals surface area (Å²) in [5.74, 6) is -0.0950. The topological polar surface area (TPSA) is 52.6 Å². The maximum absolute atomic E-state index is 11.7. The second-order valence-electron chi connectivity index (χ2n) is 12.2. The highest BCUT2D eigenvalue weighted by Crippen LogP contribution is 2.16. The van der Waals surface area contributed by atoms with E-state index in [4.69, 9.17) is 9.47 Å². The number of esters is 2. The number of ether oxygens (including phenoxy) is 2. The molecule has 0 heterocycles. The van der Waals surface area contributed by atoms with Gasteiger partial charge in [0.25, 0.3) is 0 Å². The van der Waals surface area contributed by atoms with E-state index >= 15 is 0 Å². The second-order valence-corrected chi connectivity index (χ2v) is 12.2. The fraction of sp³-hybridized carbons (Fsp3) is 0.867. The molecule has 0 aromatic rings. The minimum Gasteiger partial charge on any atom is -0.465 e. The van der Waals surface area contributed by atoms with Crippen LogP contribution in [0, 0.1) is 10.8 Å². The van der Waals surface area contributed by atoms with E-state index in [1.54, 1.807) is 0 Å². The zero-order valence-corrected chi connectivity index (χ0v) is 23.5. The Balaban J connectivity index is 3.32. The van der Waals surface area contributed by atoms with E-state index in [0.29, 0.717) is 26.1 Å². The highest BCUT2D eigenvalue weighted by atomic mass is 16.5. The molecular weight excluding hydrogens is 424 g/mol. The van der Waals surface area contributed by atoms with Gasteiger partial charge in [-0.2, -0.15) is 0 Å². The van der Waals surface area contributed by atoms with Crippen molar-refractivity contribution >= 4 is 11.9 Å². The first kappa shape index (κ1) is 32.7. The van der Waals surface area contributed by atoms with Crippen LogP contribution in [0.1, 0.15) is 144 Å². The predicted octanol–water partition coefficient (Wildman–Crippen LogP) is 8.96. The first-order chi connectivity index (χ1) is 16.0. The van der Waals surface area contributed by atoms with Gasteiger partial charge in [0.05, 0.1) is 13.2 Å². The van der Waals surface area contributed by atoms with Gasteiger partial charge in [0, 0.05) is 12.8 Å². The summed E-state index contributed by atoms with van der Waals surface area (Å²) in [7, 11) is 0. The van der Waals surface area contributed by atoms with Crippen molar-refractivity contribution in [3.05, 3.63) is 12.2 Å². The van der Waals surface area contributed by atoms with Gasteiger partial charge in [-0.25, -0.2) is 0 Å². The number of rotatable bonds is 20. The highest BCUT2D eigenvalue weighted by molar-refractivity contribution is 5.69. The third-order valence-corrected chi connectivity index (χ3v) is 5.50. The fourth-order valence-electron chi connectivity index (χ4n) is 3.45. The number of carbonyl (C=O) groups excluding carboxylic acids is 2. The molecule has 34 heavy (non-hydrogen) atoms. The number of allylic oxidation sites excluding steroid dienone is 2. The van der Waals surface area contributed by atoms with Crippen molar-refractivity contribution in [3.63, 3.8) is 0 Å². The molecular formula is C30H56O4. The molecule has 0 aromatic heterocycles. The standard InChI is InChI=1S/C30H56O4/c1-29(2,3)25-33-27(31)23-21-19-17-15-13-11-9-7-8-10-12-14-16-18-20-22-24-28(32)34-26-30(4,5)6/h7-8H,9-26H2,1-6H3/b8-7+. The lowest BCUT2D eigenvalue weighted by Gasteiger charge is -2.17. The Morgan fingerprint density at radius 2 is 0.794 bits per heavy atom. The van der Waals surface area contributed by atoms with Gasteiger partial charge in [-0.3, -0.25) is 9.59 Å². The van der Waals surface area contributed by atoms with Crippen LogP contribution in [-0.2, 0) is 19.1 Å². The summed E-state index contributed by atoms with van der Waals surface area (Å²) in [6.45, 7) is 13.5. The van der Waals surface area contributed by atoms with Gasteiger partial charge in [0.15, 0.2) is 0 Å². The minimum absolute atomic E-state index is 0.0475. The zero-order valence-electron chi connectivity index (χ0n) is 23.5. The summed E-state index contributed by atoms with van der Waals surface area (Å²) in [4.78, 5) is 23.3. The molecule has 0 N–H and O–H groups in total. The smallest absolute Gasteiger partial charge is 0.305 e. The lowest BCUT2D eigenvalue weighted by Crippen LogP contribution is -2.18. The van der Waals surface area contributed by atoms with Crippen molar-refractivity contribution in [2.24, 2.45) is 10.8 Å². The number of hydrogen-bond donors (Lipinski definition) is 0. The van der Waals surface area contributed by atoms with E-state index in [1.165, 1.54) is 64.2 Å². The van der Waals surface area contributed by atoms with Crippen molar-refractivity contribution in [3.8, 4) is 0 Å². The van der Waals surface area contributed by atoms with Crippen LogP contribution >= 0.6 is 0 Å². The van der Waals surface area contributed by atoms with Crippen LogP contribution in [0.15, 0.2) is 12.2 Å². The molecule has 0 aliphatic rings. The molecule has 0 saturated carbocycles. The molecule has 0 radical (unpaired) electrons. The van der Waals surface area contributed by atoms with Gasteiger partial charge in [-0.05, 0) is 49.4 Å². The average Bonchev–Trinajstić information content (AvgIpc) is 2.74. The van der Waals surface area contributed by atoms with Crippen molar-refractivity contribution in [1.29, 1.82) is 0 Å².